The lowest BCUT2D eigenvalue weighted by molar-refractivity contribution is 0.186. The molecule has 0 spiro atoms. The predicted molar refractivity (Wildman–Crippen MR) is 75.7 cm³/mol. The first kappa shape index (κ1) is 14.5. The molecule has 1 atom stereocenters. The van der Waals surface area contributed by atoms with E-state index in [1.807, 2.05) is 32.0 Å². The minimum atomic E-state index is -1.10. The van der Waals surface area contributed by atoms with Crippen LogP contribution < -0.4 is 5.32 Å². The normalized spacial score (nSPS) is 12.2. The van der Waals surface area contributed by atoms with E-state index in [0.717, 1.165) is 29.4 Å². The van der Waals surface area contributed by atoms with Gasteiger partial charge in [-0.2, -0.15) is 0 Å². The van der Waals surface area contributed by atoms with Crippen LogP contribution in [0.1, 0.15) is 22.8 Å². The molecule has 106 valence electrons. The summed E-state index contributed by atoms with van der Waals surface area (Å²) in [7, 11) is 0. The highest BCUT2D eigenvalue weighted by Gasteiger charge is 2.13. The van der Waals surface area contributed by atoms with Crippen LogP contribution in [0.4, 0.5) is 14.5 Å². The van der Waals surface area contributed by atoms with Gasteiger partial charge in [0, 0.05) is 17.8 Å². The first-order valence-electron chi connectivity index (χ1n) is 6.41. The van der Waals surface area contributed by atoms with Crippen molar-refractivity contribution < 1.29 is 13.9 Å². The van der Waals surface area contributed by atoms with E-state index in [4.69, 9.17) is 0 Å². The fourth-order valence-electron chi connectivity index (χ4n) is 1.95. The molecule has 0 fully saturated rings. The fourth-order valence-corrected chi connectivity index (χ4v) is 1.95. The number of hydrogen-bond acceptors (Lipinski definition) is 2. The van der Waals surface area contributed by atoms with Crippen LogP contribution in [-0.2, 0) is 0 Å². The van der Waals surface area contributed by atoms with E-state index in [2.05, 4.69) is 5.32 Å². The summed E-state index contributed by atoms with van der Waals surface area (Å²) in [6.45, 7) is 4.11. The van der Waals surface area contributed by atoms with Crippen molar-refractivity contribution in [3.8, 4) is 0 Å². The standard InChI is InChI=1S/C16H17F2NO/c1-10-3-5-13(7-11(10)2)19-9-16(20)14-8-12(17)4-6-15(14)18/h3-8,16,19-20H,9H2,1-2H3. The highest BCUT2D eigenvalue weighted by Crippen LogP contribution is 2.20. The van der Waals surface area contributed by atoms with Gasteiger partial charge < -0.3 is 10.4 Å². The molecule has 0 bridgehead atoms. The minimum Gasteiger partial charge on any atom is -0.386 e. The van der Waals surface area contributed by atoms with E-state index in [9.17, 15) is 13.9 Å². The Hall–Kier alpha value is -1.94. The van der Waals surface area contributed by atoms with Crippen molar-refractivity contribution >= 4 is 5.69 Å². The van der Waals surface area contributed by atoms with E-state index in [-0.39, 0.29) is 12.1 Å². The van der Waals surface area contributed by atoms with Crippen LogP contribution in [-0.4, -0.2) is 11.7 Å². The Labute approximate surface area is 117 Å². The van der Waals surface area contributed by atoms with Gasteiger partial charge in [-0.3, -0.25) is 0 Å². The second-order valence-corrected chi connectivity index (χ2v) is 4.86. The molecule has 0 amide bonds. The number of hydrogen-bond donors (Lipinski definition) is 2. The fraction of sp³-hybridized carbons (Fsp3) is 0.250. The zero-order valence-corrected chi connectivity index (χ0v) is 11.5. The first-order valence-corrected chi connectivity index (χ1v) is 6.41. The zero-order valence-electron chi connectivity index (χ0n) is 11.5. The van der Waals surface area contributed by atoms with Gasteiger partial charge >= 0.3 is 0 Å². The quantitative estimate of drug-likeness (QED) is 0.892. The molecule has 0 saturated carbocycles. The molecule has 2 N–H and O–H groups in total. The molecule has 20 heavy (non-hydrogen) atoms. The molecule has 0 aliphatic carbocycles. The molecule has 0 heterocycles. The van der Waals surface area contributed by atoms with Crippen LogP contribution in [0.25, 0.3) is 0 Å². The molecule has 0 saturated heterocycles. The highest BCUT2D eigenvalue weighted by molar-refractivity contribution is 5.48. The predicted octanol–water partition coefficient (Wildman–Crippen LogP) is 3.73. The Kier molecular flexibility index (Phi) is 4.35. The second kappa shape index (κ2) is 6.01. The summed E-state index contributed by atoms with van der Waals surface area (Å²) in [5.74, 6) is -1.17. The maximum Gasteiger partial charge on any atom is 0.129 e. The Balaban J connectivity index is 2.06. The van der Waals surface area contributed by atoms with Gasteiger partial charge in [0.05, 0.1) is 6.10 Å². The van der Waals surface area contributed by atoms with E-state index >= 15 is 0 Å². The largest absolute Gasteiger partial charge is 0.386 e. The molecule has 0 aliphatic heterocycles. The third-order valence-electron chi connectivity index (χ3n) is 3.32. The molecule has 4 heteroatoms. The van der Waals surface area contributed by atoms with Crippen LogP contribution >= 0.6 is 0 Å². The average molecular weight is 277 g/mol. The summed E-state index contributed by atoms with van der Waals surface area (Å²) in [6, 6.07) is 8.86. The van der Waals surface area contributed by atoms with E-state index in [1.165, 1.54) is 5.56 Å². The number of aliphatic hydroxyl groups is 1. The van der Waals surface area contributed by atoms with Crippen molar-refractivity contribution in [2.24, 2.45) is 0 Å². The van der Waals surface area contributed by atoms with Gasteiger partial charge in [0.15, 0.2) is 0 Å². The highest BCUT2D eigenvalue weighted by atomic mass is 19.1. The van der Waals surface area contributed by atoms with E-state index < -0.39 is 17.7 Å². The molecule has 1 unspecified atom stereocenters. The number of rotatable bonds is 4. The number of nitrogens with one attached hydrogen (secondary N) is 1. The third-order valence-corrected chi connectivity index (χ3v) is 3.32. The Morgan fingerprint density at radius 1 is 1.05 bits per heavy atom. The number of halogens is 2. The Morgan fingerprint density at radius 2 is 1.80 bits per heavy atom. The molecule has 0 aromatic heterocycles. The van der Waals surface area contributed by atoms with Crippen LogP contribution in [0.3, 0.4) is 0 Å². The van der Waals surface area contributed by atoms with Crippen molar-refractivity contribution in [2.45, 2.75) is 20.0 Å². The van der Waals surface area contributed by atoms with Crippen molar-refractivity contribution in [1.82, 2.24) is 0 Å². The minimum absolute atomic E-state index is 0.0404. The van der Waals surface area contributed by atoms with Gasteiger partial charge in [0.25, 0.3) is 0 Å². The van der Waals surface area contributed by atoms with Gasteiger partial charge in [0.1, 0.15) is 11.6 Å². The maximum atomic E-state index is 13.5. The topological polar surface area (TPSA) is 32.3 Å². The summed E-state index contributed by atoms with van der Waals surface area (Å²) < 4.78 is 26.6. The molecule has 2 aromatic rings. The van der Waals surface area contributed by atoms with E-state index in [1.54, 1.807) is 0 Å². The van der Waals surface area contributed by atoms with Crippen molar-refractivity contribution in [3.05, 3.63) is 64.7 Å². The smallest absolute Gasteiger partial charge is 0.129 e. The Bertz CT molecular complexity index is 613. The van der Waals surface area contributed by atoms with E-state index in [0.29, 0.717) is 0 Å². The van der Waals surface area contributed by atoms with Crippen LogP contribution in [0.15, 0.2) is 36.4 Å². The molecular weight excluding hydrogens is 260 g/mol. The lowest BCUT2D eigenvalue weighted by atomic mass is 10.1. The number of aliphatic hydroxyl groups excluding tert-OH is 1. The molecule has 2 nitrogen and oxygen atoms in total. The second-order valence-electron chi connectivity index (χ2n) is 4.86. The van der Waals surface area contributed by atoms with Crippen LogP contribution in [0, 0.1) is 25.5 Å². The summed E-state index contributed by atoms with van der Waals surface area (Å²) in [4.78, 5) is 0. The lowest BCUT2D eigenvalue weighted by Gasteiger charge is -2.15. The SMILES string of the molecule is Cc1ccc(NCC(O)c2cc(F)ccc2F)cc1C. The van der Waals surface area contributed by atoms with Gasteiger partial charge in [-0.15, -0.1) is 0 Å². The maximum absolute atomic E-state index is 13.5. The van der Waals surface area contributed by atoms with Crippen molar-refractivity contribution in [1.29, 1.82) is 0 Å². The summed E-state index contributed by atoms with van der Waals surface area (Å²) in [6.07, 6.45) is -1.10. The molecular formula is C16H17F2NO. The third kappa shape index (κ3) is 3.33. The molecule has 2 rings (SSSR count). The number of benzene rings is 2. The monoisotopic (exact) mass is 277 g/mol. The van der Waals surface area contributed by atoms with Crippen LogP contribution in [0.5, 0.6) is 0 Å². The molecule has 0 radical (unpaired) electrons. The zero-order chi connectivity index (χ0) is 14.7. The number of aryl methyl sites for hydroxylation is 2. The average Bonchev–Trinajstić information content (AvgIpc) is 2.42. The van der Waals surface area contributed by atoms with Crippen molar-refractivity contribution in [2.75, 3.05) is 11.9 Å². The van der Waals surface area contributed by atoms with Gasteiger partial charge in [-0.1, -0.05) is 6.07 Å². The van der Waals surface area contributed by atoms with Crippen LogP contribution in [0.2, 0.25) is 0 Å². The van der Waals surface area contributed by atoms with Gasteiger partial charge in [-0.05, 0) is 55.3 Å². The van der Waals surface area contributed by atoms with Crippen molar-refractivity contribution in [3.63, 3.8) is 0 Å². The molecule has 0 aliphatic rings. The first-order chi connectivity index (χ1) is 9.47. The lowest BCUT2D eigenvalue weighted by Crippen LogP contribution is -2.13. The summed E-state index contributed by atoms with van der Waals surface area (Å²) in [5, 5.41) is 13.0. The Morgan fingerprint density at radius 3 is 2.50 bits per heavy atom. The molecule has 2 aromatic carbocycles. The summed E-state index contributed by atoms with van der Waals surface area (Å²) >= 11 is 0. The summed E-state index contributed by atoms with van der Waals surface area (Å²) in [5.41, 5.74) is 3.10. The number of anilines is 1. The van der Waals surface area contributed by atoms with Gasteiger partial charge in [0.2, 0.25) is 0 Å². The van der Waals surface area contributed by atoms with Gasteiger partial charge in [-0.25, -0.2) is 8.78 Å².